The van der Waals surface area contributed by atoms with Gasteiger partial charge in [0.25, 0.3) is 0 Å². The van der Waals surface area contributed by atoms with Gasteiger partial charge >= 0.3 is 0 Å². The molecule has 0 radical (unpaired) electrons. The average Bonchev–Trinajstić information content (AvgIpc) is 2.68. The van der Waals surface area contributed by atoms with E-state index >= 15 is 0 Å². The number of benzene rings is 1. The van der Waals surface area contributed by atoms with Gasteiger partial charge in [-0.25, -0.2) is 4.68 Å². The van der Waals surface area contributed by atoms with Crippen LogP contribution >= 0.6 is 0 Å². The first kappa shape index (κ1) is 8.50. The van der Waals surface area contributed by atoms with Crippen LogP contribution in [0.4, 0.5) is 0 Å². The Morgan fingerprint density at radius 3 is 2.57 bits per heavy atom. The van der Waals surface area contributed by atoms with Crippen LogP contribution in [0.3, 0.4) is 0 Å². The molecule has 0 amide bonds. The highest BCUT2D eigenvalue weighted by Gasteiger charge is 1.99. The molecule has 0 bridgehead atoms. The lowest BCUT2D eigenvalue weighted by atomic mass is 10.3. The molecule has 0 fully saturated rings. The topological polar surface area (TPSA) is 57.9 Å². The summed E-state index contributed by atoms with van der Waals surface area (Å²) in [7, 11) is 0. The molecule has 0 atom stereocenters. The maximum Gasteiger partial charge on any atom is 0.0747 e. The molecule has 4 heteroatoms. The van der Waals surface area contributed by atoms with Crippen molar-refractivity contribution in [1.82, 2.24) is 9.78 Å². The molecule has 70 valence electrons. The molecule has 0 spiro atoms. The first-order chi connectivity index (χ1) is 6.77. The van der Waals surface area contributed by atoms with Crippen LogP contribution < -0.4 is 5.11 Å². The van der Waals surface area contributed by atoms with E-state index < -0.39 is 5.97 Å². The Balaban J connectivity index is 2.39. The molecule has 1 aromatic carbocycles. The molecule has 1 heterocycles. The van der Waals surface area contributed by atoms with Gasteiger partial charge in [0.1, 0.15) is 0 Å². The molecule has 0 aliphatic heterocycles. The van der Waals surface area contributed by atoms with Gasteiger partial charge in [-0.15, -0.1) is 0 Å². The lowest BCUT2D eigenvalue weighted by molar-refractivity contribution is -0.255. The Morgan fingerprint density at radius 2 is 2.00 bits per heavy atom. The van der Waals surface area contributed by atoms with Crippen LogP contribution in [0.15, 0.2) is 42.7 Å². The molecule has 0 aliphatic carbocycles. The van der Waals surface area contributed by atoms with Crippen molar-refractivity contribution in [2.75, 3.05) is 0 Å². The van der Waals surface area contributed by atoms with Gasteiger partial charge in [0.15, 0.2) is 0 Å². The zero-order chi connectivity index (χ0) is 9.97. The summed E-state index contributed by atoms with van der Waals surface area (Å²) in [4.78, 5) is 10.5. The summed E-state index contributed by atoms with van der Waals surface area (Å²) in [6.07, 6.45) is 2.69. The fraction of sp³-hybridized carbons (Fsp3) is 0. The number of nitrogens with zero attached hydrogens (tertiary/aromatic N) is 2. The van der Waals surface area contributed by atoms with Gasteiger partial charge in [-0.3, -0.25) is 0 Å². The van der Waals surface area contributed by atoms with E-state index in [-0.39, 0.29) is 5.56 Å². The summed E-state index contributed by atoms with van der Waals surface area (Å²) < 4.78 is 1.49. The number of aromatic carboxylic acids is 1. The average molecular weight is 187 g/mol. The number of carboxylic acid groups (broad SMARTS) is 1. The molecule has 0 unspecified atom stereocenters. The van der Waals surface area contributed by atoms with Gasteiger partial charge in [0.05, 0.1) is 17.9 Å². The van der Waals surface area contributed by atoms with Crippen molar-refractivity contribution >= 4 is 5.97 Å². The zero-order valence-corrected chi connectivity index (χ0v) is 7.25. The smallest absolute Gasteiger partial charge is 0.0747 e. The summed E-state index contributed by atoms with van der Waals surface area (Å²) in [5.41, 5.74) is 0.897. The van der Waals surface area contributed by atoms with E-state index in [1.54, 1.807) is 0 Å². The van der Waals surface area contributed by atoms with Crippen molar-refractivity contribution < 1.29 is 9.90 Å². The second kappa shape index (κ2) is 3.33. The van der Waals surface area contributed by atoms with E-state index in [2.05, 4.69) is 5.10 Å². The lowest BCUT2D eigenvalue weighted by Crippen LogP contribution is -2.21. The van der Waals surface area contributed by atoms with Crippen LogP contribution in [-0.2, 0) is 0 Å². The number of carboxylic acids is 1. The lowest BCUT2D eigenvalue weighted by Gasteiger charge is -1.99. The van der Waals surface area contributed by atoms with Gasteiger partial charge < -0.3 is 9.90 Å². The number of carbonyl (C=O) groups is 1. The largest absolute Gasteiger partial charge is 0.545 e. The third-order valence-corrected chi connectivity index (χ3v) is 1.84. The molecule has 0 saturated carbocycles. The number of rotatable bonds is 2. The number of aromatic nitrogens is 2. The summed E-state index contributed by atoms with van der Waals surface area (Å²) in [5.74, 6) is -1.22. The normalized spacial score (nSPS) is 10.0. The van der Waals surface area contributed by atoms with E-state index in [9.17, 15) is 9.90 Å². The molecular weight excluding hydrogens is 180 g/mol. The van der Waals surface area contributed by atoms with E-state index in [0.29, 0.717) is 0 Å². The van der Waals surface area contributed by atoms with Crippen LogP contribution in [0.25, 0.3) is 5.69 Å². The fourth-order valence-electron chi connectivity index (χ4n) is 1.15. The predicted octanol–water partition coefficient (Wildman–Crippen LogP) is 0.236. The summed E-state index contributed by atoms with van der Waals surface area (Å²) in [6, 6.07) is 9.27. The van der Waals surface area contributed by atoms with E-state index in [4.69, 9.17) is 0 Å². The van der Waals surface area contributed by atoms with Crippen LogP contribution in [0.2, 0.25) is 0 Å². The van der Waals surface area contributed by atoms with E-state index in [1.807, 2.05) is 30.3 Å². The molecule has 0 N–H and O–H groups in total. The minimum absolute atomic E-state index is 0.0776. The van der Waals surface area contributed by atoms with Crippen molar-refractivity contribution in [2.24, 2.45) is 0 Å². The van der Waals surface area contributed by atoms with Crippen LogP contribution in [-0.4, -0.2) is 15.7 Å². The highest BCUT2D eigenvalue weighted by molar-refractivity contribution is 5.85. The fourth-order valence-corrected chi connectivity index (χ4v) is 1.15. The Labute approximate surface area is 80.4 Å². The second-order valence-corrected chi connectivity index (χ2v) is 2.80. The van der Waals surface area contributed by atoms with Gasteiger partial charge in [0.2, 0.25) is 0 Å². The van der Waals surface area contributed by atoms with E-state index in [1.165, 1.54) is 17.1 Å². The Bertz CT molecular complexity index is 448. The number of hydrogen-bond donors (Lipinski definition) is 0. The van der Waals surface area contributed by atoms with E-state index in [0.717, 1.165) is 5.69 Å². The third kappa shape index (κ3) is 1.50. The van der Waals surface area contributed by atoms with Gasteiger partial charge in [0, 0.05) is 11.8 Å². The molecular formula is C10H7N2O2-. The van der Waals surface area contributed by atoms with Crippen molar-refractivity contribution in [3.63, 3.8) is 0 Å². The highest BCUT2D eigenvalue weighted by atomic mass is 16.4. The Kier molecular flexibility index (Phi) is 2.02. The van der Waals surface area contributed by atoms with Crippen LogP contribution in [0.5, 0.6) is 0 Å². The molecule has 0 saturated heterocycles. The number of hydrogen-bond acceptors (Lipinski definition) is 3. The van der Waals surface area contributed by atoms with Crippen molar-refractivity contribution in [3.8, 4) is 5.69 Å². The number of para-hydroxylation sites is 1. The van der Waals surface area contributed by atoms with Gasteiger partial charge in [-0.05, 0) is 12.1 Å². The summed E-state index contributed by atoms with van der Waals surface area (Å²) in [6.45, 7) is 0. The first-order valence-electron chi connectivity index (χ1n) is 4.09. The quantitative estimate of drug-likeness (QED) is 0.676. The Morgan fingerprint density at radius 1 is 1.29 bits per heavy atom. The van der Waals surface area contributed by atoms with Gasteiger partial charge in [-0.2, -0.15) is 5.10 Å². The van der Waals surface area contributed by atoms with Crippen molar-refractivity contribution in [3.05, 3.63) is 48.3 Å². The molecule has 2 rings (SSSR count). The van der Waals surface area contributed by atoms with Gasteiger partial charge in [-0.1, -0.05) is 18.2 Å². The van der Waals surface area contributed by atoms with Crippen molar-refractivity contribution in [1.29, 1.82) is 0 Å². The van der Waals surface area contributed by atoms with Crippen LogP contribution in [0, 0.1) is 0 Å². The highest BCUT2D eigenvalue weighted by Crippen LogP contribution is 2.06. The summed E-state index contributed by atoms with van der Waals surface area (Å²) in [5, 5.41) is 14.4. The van der Waals surface area contributed by atoms with Crippen LogP contribution in [0.1, 0.15) is 10.4 Å². The Hall–Kier alpha value is -2.10. The molecule has 4 nitrogen and oxygen atoms in total. The molecule has 0 aliphatic rings. The molecule has 2 aromatic rings. The minimum atomic E-state index is -1.22. The maximum atomic E-state index is 10.5. The zero-order valence-electron chi connectivity index (χ0n) is 7.25. The monoisotopic (exact) mass is 187 g/mol. The first-order valence-corrected chi connectivity index (χ1v) is 4.09. The predicted molar refractivity (Wildman–Crippen MR) is 47.9 cm³/mol. The molecule has 1 aromatic heterocycles. The minimum Gasteiger partial charge on any atom is -0.545 e. The third-order valence-electron chi connectivity index (χ3n) is 1.84. The summed E-state index contributed by atoms with van der Waals surface area (Å²) >= 11 is 0. The molecule has 14 heavy (non-hydrogen) atoms. The van der Waals surface area contributed by atoms with Crippen molar-refractivity contribution in [2.45, 2.75) is 0 Å². The standard InChI is InChI=1S/C10H8N2O2/c13-10(14)8-6-11-12(7-8)9-4-2-1-3-5-9/h1-7H,(H,13,14)/p-1. The maximum absolute atomic E-state index is 10.5. The SMILES string of the molecule is O=C([O-])c1cnn(-c2ccccc2)c1. The number of carbonyl (C=O) groups excluding carboxylic acids is 1. The second-order valence-electron chi connectivity index (χ2n) is 2.80.